The number of rotatable bonds is 2. The van der Waals surface area contributed by atoms with Gasteiger partial charge >= 0.3 is 0 Å². The maximum Gasteiger partial charge on any atom is 0.108 e. The van der Waals surface area contributed by atoms with Gasteiger partial charge in [0.05, 0.1) is 16.8 Å². The molecule has 1 aromatic carbocycles. The first-order chi connectivity index (χ1) is 8.31. The first-order valence-electron chi connectivity index (χ1n) is 6.10. The van der Waals surface area contributed by atoms with E-state index in [2.05, 4.69) is 35.3 Å². The van der Waals surface area contributed by atoms with Gasteiger partial charge in [-0.15, -0.1) is 11.3 Å². The standard InChI is InChI=1S/C13H17N3S/c1-10-2-3-12-11(8-10)15-13(17-12)9-16-6-4-14-5-7-16/h2-3,8,14H,4-7,9H2,1H3. The molecule has 0 amide bonds. The molecule has 1 N–H and O–H groups in total. The van der Waals surface area contributed by atoms with Crippen molar-refractivity contribution < 1.29 is 0 Å². The molecule has 1 aliphatic rings. The van der Waals surface area contributed by atoms with Crippen molar-refractivity contribution in [2.75, 3.05) is 26.2 Å². The molecule has 1 aromatic heterocycles. The number of nitrogens with one attached hydrogen (secondary N) is 1. The van der Waals surface area contributed by atoms with Crippen molar-refractivity contribution in [3.63, 3.8) is 0 Å². The fourth-order valence-electron chi connectivity index (χ4n) is 2.21. The third kappa shape index (κ3) is 2.49. The van der Waals surface area contributed by atoms with Crippen LogP contribution in [0.3, 0.4) is 0 Å². The van der Waals surface area contributed by atoms with E-state index in [1.54, 1.807) is 0 Å². The molecule has 17 heavy (non-hydrogen) atoms. The van der Waals surface area contributed by atoms with Crippen LogP contribution in [0.5, 0.6) is 0 Å². The normalized spacial score (nSPS) is 17.7. The van der Waals surface area contributed by atoms with E-state index in [0.717, 1.165) is 38.2 Å². The Kier molecular flexibility index (Phi) is 3.09. The molecule has 90 valence electrons. The summed E-state index contributed by atoms with van der Waals surface area (Å²) in [6.45, 7) is 7.59. The highest BCUT2D eigenvalue weighted by molar-refractivity contribution is 7.18. The molecule has 0 saturated carbocycles. The molecule has 3 nitrogen and oxygen atoms in total. The molecule has 0 bridgehead atoms. The summed E-state index contributed by atoms with van der Waals surface area (Å²) in [5.41, 5.74) is 2.44. The highest BCUT2D eigenvalue weighted by Crippen LogP contribution is 2.23. The van der Waals surface area contributed by atoms with E-state index in [1.165, 1.54) is 15.3 Å². The quantitative estimate of drug-likeness (QED) is 0.880. The smallest absolute Gasteiger partial charge is 0.108 e. The van der Waals surface area contributed by atoms with Crippen LogP contribution in [0.4, 0.5) is 0 Å². The van der Waals surface area contributed by atoms with Gasteiger partial charge in [0.1, 0.15) is 5.01 Å². The van der Waals surface area contributed by atoms with Gasteiger partial charge in [0.25, 0.3) is 0 Å². The fraction of sp³-hybridized carbons (Fsp3) is 0.462. The Labute approximate surface area is 105 Å². The monoisotopic (exact) mass is 247 g/mol. The largest absolute Gasteiger partial charge is 0.314 e. The highest BCUT2D eigenvalue weighted by Gasteiger charge is 2.12. The average molecular weight is 247 g/mol. The molecule has 4 heteroatoms. The van der Waals surface area contributed by atoms with Crippen LogP contribution < -0.4 is 5.32 Å². The van der Waals surface area contributed by atoms with E-state index < -0.39 is 0 Å². The maximum absolute atomic E-state index is 4.72. The number of aromatic nitrogens is 1. The SMILES string of the molecule is Cc1ccc2sc(CN3CCNCC3)nc2c1. The van der Waals surface area contributed by atoms with E-state index >= 15 is 0 Å². The molecule has 1 fully saturated rings. The molecule has 0 unspecified atom stereocenters. The molecular formula is C13H17N3S. The third-order valence-electron chi connectivity index (χ3n) is 3.16. The summed E-state index contributed by atoms with van der Waals surface area (Å²) in [7, 11) is 0. The maximum atomic E-state index is 4.72. The Morgan fingerprint density at radius 3 is 3.00 bits per heavy atom. The van der Waals surface area contributed by atoms with Crippen molar-refractivity contribution in [1.29, 1.82) is 0 Å². The Hall–Kier alpha value is -0.970. The van der Waals surface area contributed by atoms with Crippen LogP contribution in [0.2, 0.25) is 0 Å². The van der Waals surface area contributed by atoms with Crippen LogP contribution in [-0.4, -0.2) is 36.1 Å². The van der Waals surface area contributed by atoms with E-state index in [-0.39, 0.29) is 0 Å². The first-order valence-corrected chi connectivity index (χ1v) is 6.92. The van der Waals surface area contributed by atoms with Crippen LogP contribution in [0.15, 0.2) is 18.2 Å². The van der Waals surface area contributed by atoms with Gasteiger partial charge in [-0.3, -0.25) is 4.90 Å². The van der Waals surface area contributed by atoms with Crippen molar-refractivity contribution in [3.8, 4) is 0 Å². The number of nitrogens with zero attached hydrogens (tertiary/aromatic N) is 2. The van der Waals surface area contributed by atoms with Crippen molar-refractivity contribution in [3.05, 3.63) is 28.8 Å². The Morgan fingerprint density at radius 1 is 1.35 bits per heavy atom. The molecule has 1 aliphatic heterocycles. The molecule has 2 aromatic rings. The number of hydrogen-bond acceptors (Lipinski definition) is 4. The average Bonchev–Trinajstić information content (AvgIpc) is 2.71. The van der Waals surface area contributed by atoms with Crippen LogP contribution in [0.25, 0.3) is 10.2 Å². The van der Waals surface area contributed by atoms with Gasteiger partial charge in [-0.1, -0.05) is 6.07 Å². The molecule has 2 heterocycles. The Balaban J connectivity index is 1.80. The predicted molar refractivity (Wildman–Crippen MR) is 72.5 cm³/mol. The second-order valence-electron chi connectivity index (χ2n) is 4.60. The minimum Gasteiger partial charge on any atom is -0.314 e. The number of aryl methyl sites for hydroxylation is 1. The molecule has 1 saturated heterocycles. The van der Waals surface area contributed by atoms with Gasteiger partial charge in [-0.05, 0) is 24.6 Å². The van der Waals surface area contributed by atoms with Crippen LogP contribution in [0.1, 0.15) is 10.6 Å². The van der Waals surface area contributed by atoms with Crippen molar-refractivity contribution in [2.24, 2.45) is 0 Å². The number of fused-ring (bicyclic) bond motifs is 1. The van der Waals surface area contributed by atoms with Crippen LogP contribution >= 0.6 is 11.3 Å². The van der Waals surface area contributed by atoms with Gasteiger partial charge < -0.3 is 5.32 Å². The highest BCUT2D eigenvalue weighted by atomic mass is 32.1. The molecule has 0 aliphatic carbocycles. The lowest BCUT2D eigenvalue weighted by Gasteiger charge is -2.25. The van der Waals surface area contributed by atoms with Crippen LogP contribution in [-0.2, 0) is 6.54 Å². The minimum absolute atomic E-state index is 1.00. The van der Waals surface area contributed by atoms with Gasteiger partial charge in [0, 0.05) is 26.2 Å². The van der Waals surface area contributed by atoms with Gasteiger partial charge in [-0.2, -0.15) is 0 Å². The molecule has 0 spiro atoms. The molecule has 0 atom stereocenters. The van der Waals surface area contributed by atoms with Crippen molar-refractivity contribution in [1.82, 2.24) is 15.2 Å². The fourth-order valence-corrected chi connectivity index (χ4v) is 3.20. The summed E-state index contributed by atoms with van der Waals surface area (Å²) in [5, 5.41) is 4.62. The van der Waals surface area contributed by atoms with E-state index in [9.17, 15) is 0 Å². The van der Waals surface area contributed by atoms with Gasteiger partial charge in [-0.25, -0.2) is 4.98 Å². The lowest BCUT2D eigenvalue weighted by atomic mass is 10.2. The van der Waals surface area contributed by atoms with Crippen molar-refractivity contribution >= 4 is 21.6 Å². The third-order valence-corrected chi connectivity index (χ3v) is 4.18. The predicted octanol–water partition coefficient (Wildman–Crippen LogP) is 2.01. The second-order valence-corrected chi connectivity index (χ2v) is 5.72. The topological polar surface area (TPSA) is 28.2 Å². The first kappa shape index (κ1) is 11.1. The summed E-state index contributed by atoms with van der Waals surface area (Å²) in [6, 6.07) is 6.52. The zero-order valence-corrected chi connectivity index (χ0v) is 10.9. The second kappa shape index (κ2) is 4.72. The number of hydrogen-bond donors (Lipinski definition) is 1. The lowest BCUT2D eigenvalue weighted by molar-refractivity contribution is 0.233. The zero-order valence-electron chi connectivity index (χ0n) is 10.1. The lowest BCUT2D eigenvalue weighted by Crippen LogP contribution is -2.42. The number of benzene rings is 1. The van der Waals surface area contributed by atoms with Crippen LogP contribution in [0, 0.1) is 6.92 Å². The number of thiazole rings is 1. The van der Waals surface area contributed by atoms with E-state index in [4.69, 9.17) is 4.98 Å². The van der Waals surface area contributed by atoms with E-state index in [0.29, 0.717) is 0 Å². The summed E-state index contributed by atoms with van der Waals surface area (Å²) < 4.78 is 1.31. The van der Waals surface area contributed by atoms with Gasteiger partial charge in [0.15, 0.2) is 0 Å². The zero-order chi connectivity index (χ0) is 11.7. The molecule has 0 radical (unpaired) electrons. The molecule has 3 rings (SSSR count). The summed E-state index contributed by atoms with van der Waals surface area (Å²) in [5.74, 6) is 0. The minimum atomic E-state index is 1.00. The Bertz CT molecular complexity index is 514. The summed E-state index contributed by atoms with van der Waals surface area (Å²) >= 11 is 1.83. The van der Waals surface area contributed by atoms with Gasteiger partial charge in [0.2, 0.25) is 0 Å². The summed E-state index contributed by atoms with van der Waals surface area (Å²) in [4.78, 5) is 7.20. The Morgan fingerprint density at radius 2 is 2.18 bits per heavy atom. The number of piperazine rings is 1. The van der Waals surface area contributed by atoms with Crippen molar-refractivity contribution in [2.45, 2.75) is 13.5 Å². The van der Waals surface area contributed by atoms with E-state index in [1.807, 2.05) is 11.3 Å². The summed E-state index contributed by atoms with van der Waals surface area (Å²) in [6.07, 6.45) is 0. The molecular weight excluding hydrogens is 230 g/mol.